The minimum atomic E-state index is -0.341. The second-order valence-corrected chi connectivity index (χ2v) is 6.86. The van der Waals surface area contributed by atoms with E-state index in [4.69, 9.17) is 5.73 Å². The first kappa shape index (κ1) is 18.0. The summed E-state index contributed by atoms with van der Waals surface area (Å²) in [6.07, 6.45) is 2.00. The Morgan fingerprint density at radius 3 is 2.62 bits per heavy atom. The number of nitrogens with one attached hydrogen (secondary N) is 1. The Morgan fingerprint density at radius 2 is 1.92 bits per heavy atom. The zero-order chi connectivity index (χ0) is 18.7. The number of nitrogens with zero attached hydrogens (tertiary/aromatic N) is 1. The van der Waals surface area contributed by atoms with Crippen LogP contribution in [0.25, 0.3) is 0 Å². The van der Waals surface area contributed by atoms with Gasteiger partial charge in [-0.2, -0.15) is 0 Å². The number of nitrogen functional groups attached to an aromatic ring is 1. The number of carbonyl (C=O) groups is 2. The summed E-state index contributed by atoms with van der Waals surface area (Å²) in [4.78, 5) is 26.5. The van der Waals surface area contributed by atoms with Crippen LogP contribution in [0, 0.1) is 6.92 Å². The molecule has 2 aromatic carbocycles. The number of rotatable bonds is 4. The summed E-state index contributed by atoms with van der Waals surface area (Å²) < 4.78 is 0. The van der Waals surface area contributed by atoms with Gasteiger partial charge in [0.1, 0.15) is 0 Å². The smallest absolute Gasteiger partial charge is 0.229 e. The van der Waals surface area contributed by atoms with Crippen molar-refractivity contribution in [3.8, 4) is 0 Å². The molecule has 0 aromatic heterocycles. The molecule has 2 aromatic rings. The monoisotopic (exact) mass is 351 g/mol. The van der Waals surface area contributed by atoms with Crippen molar-refractivity contribution < 1.29 is 9.59 Å². The summed E-state index contributed by atoms with van der Waals surface area (Å²) in [7, 11) is 0. The highest BCUT2D eigenvalue weighted by Gasteiger charge is 2.26. The quantitative estimate of drug-likeness (QED) is 0.831. The second kappa shape index (κ2) is 7.60. The number of hydrogen-bond acceptors (Lipinski definition) is 3. The molecule has 0 saturated carbocycles. The second-order valence-electron chi connectivity index (χ2n) is 6.86. The molecule has 5 nitrogen and oxygen atoms in total. The van der Waals surface area contributed by atoms with E-state index >= 15 is 0 Å². The maximum Gasteiger partial charge on any atom is 0.229 e. The van der Waals surface area contributed by atoms with Crippen molar-refractivity contribution in [2.45, 2.75) is 39.2 Å². The first-order valence-electron chi connectivity index (χ1n) is 8.97. The first-order valence-corrected chi connectivity index (χ1v) is 8.97. The molecule has 1 heterocycles. The fourth-order valence-corrected chi connectivity index (χ4v) is 3.49. The standard InChI is InChI=1S/C21H25N3O2/c1-14-8-10-16(11-9-14)19(23-15(2)25)13-21(26)24-12-4-5-17-18(22)6-3-7-20(17)24/h3,6-11,19H,4-5,12-13,22H2,1-2H3,(H,23,25). The van der Waals surface area contributed by atoms with Crippen LogP contribution in [0.3, 0.4) is 0 Å². The van der Waals surface area contributed by atoms with Crippen LogP contribution in [0.2, 0.25) is 0 Å². The topological polar surface area (TPSA) is 75.4 Å². The molecule has 0 bridgehead atoms. The maximum atomic E-state index is 13.0. The minimum absolute atomic E-state index is 0.00382. The fourth-order valence-electron chi connectivity index (χ4n) is 3.49. The summed E-state index contributed by atoms with van der Waals surface area (Å²) >= 11 is 0. The summed E-state index contributed by atoms with van der Waals surface area (Å²) in [6, 6.07) is 13.3. The fraction of sp³-hybridized carbons (Fsp3) is 0.333. The lowest BCUT2D eigenvalue weighted by atomic mass is 9.97. The van der Waals surface area contributed by atoms with Gasteiger partial charge >= 0.3 is 0 Å². The molecule has 2 amide bonds. The van der Waals surface area contributed by atoms with Crippen LogP contribution >= 0.6 is 0 Å². The number of amides is 2. The van der Waals surface area contributed by atoms with Gasteiger partial charge in [0.15, 0.2) is 0 Å². The van der Waals surface area contributed by atoms with Crippen molar-refractivity contribution in [3.05, 3.63) is 59.2 Å². The van der Waals surface area contributed by atoms with E-state index in [0.717, 1.165) is 40.9 Å². The van der Waals surface area contributed by atoms with Crippen molar-refractivity contribution >= 4 is 23.2 Å². The normalized spacial score (nSPS) is 14.5. The van der Waals surface area contributed by atoms with Gasteiger partial charge in [-0.1, -0.05) is 35.9 Å². The summed E-state index contributed by atoms with van der Waals surface area (Å²) in [5, 5.41) is 2.91. The molecular weight excluding hydrogens is 326 g/mol. The molecule has 0 fully saturated rings. The van der Waals surface area contributed by atoms with Gasteiger partial charge in [0.2, 0.25) is 11.8 Å². The van der Waals surface area contributed by atoms with E-state index in [1.165, 1.54) is 6.92 Å². The van der Waals surface area contributed by atoms with Crippen LogP contribution in [0.15, 0.2) is 42.5 Å². The van der Waals surface area contributed by atoms with Gasteiger partial charge < -0.3 is 16.0 Å². The van der Waals surface area contributed by atoms with E-state index in [9.17, 15) is 9.59 Å². The predicted molar refractivity (Wildman–Crippen MR) is 104 cm³/mol. The third-order valence-corrected chi connectivity index (χ3v) is 4.82. The molecule has 0 saturated heterocycles. The van der Waals surface area contributed by atoms with Gasteiger partial charge in [0, 0.05) is 24.8 Å². The van der Waals surface area contributed by atoms with E-state index in [-0.39, 0.29) is 24.3 Å². The van der Waals surface area contributed by atoms with Crippen molar-refractivity contribution in [1.29, 1.82) is 0 Å². The Kier molecular flexibility index (Phi) is 5.26. The van der Waals surface area contributed by atoms with E-state index in [2.05, 4.69) is 5.32 Å². The Hall–Kier alpha value is -2.82. The molecule has 0 radical (unpaired) electrons. The van der Waals surface area contributed by atoms with Gasteiger partial charge in [-0.3, -0.25) is 9.59 Å². The Balaban J connectivity index is 1.84. The zero-order valence-corrected chi connectivity index (χ0v) is 15.3. The van der Waals surface area contributed by atoms with Gasteiger partial charge in [0.05, 0.1) is 12.5 Å². The molecule has 136 valence electrons. The van der Waals surface area contributed by atoms with Crippen LogP contribution < -0.4 is 16.0 Å². The molecule has 1 aliphatic heterocycles. The number of carbonyl (C=O) groups excluding carboxylic acids is 2. The molecule has 26 heavy (non-hydrogen) atoms. The molecule has 1 atom stereocenters. The van der Waals surface area contributed by atoms with Crippen molar-refractivity contribution in [3.63, 3.8) is 0 Å². The Labute approximate surface area is 154 Å². The molecule has 1 unspecified atom stereocenters. The lowest BCUT2D eigenvalue weighted by molar-refractivity contribution is -0.121. The first-order chi connectivity index (χ1) is 12.5. The SMILES string of the molecule is CC(=O)NC(CC(=O)N1CCCc2c(N)cccc21)c1ccc(C)cc1. The highest BCUT2D eigenvalue weighted by atomic mass is 16.2. The molecule has 3 rings (SSSR count). The van der Waals surface area contributed by atoms with Crippen molar-refractivity contribution in [2.75, 3.05) is 17.2 Å². The molecule has 3 N–H and O–H groups in total. The molecule has 1 aliphatic rings. The maximum absolute atomic E-state index is 13.0. The minimum Gasteiger partial charge on any atom is -0.398 e. The number of hydrogen-bond donors (Lipinski definition) is 2. The highest BCUT2D eigenvalue weighted by molar-refractivity contribution is 5.96. The van der Waals surface area contributed by atoms with Gasteiger partial charge in [-0.15, -0.1) is 0 Å². The van der Waals surface area contributed by atoms with Gasteiger partial charge in [-0.25, -0.2) is 0 Å². The number of aryl methyl sites for hydroxylation is 1. The average molecular weight is 351 g/mol. The van der Waals surface area contributed by atoms with E-state index in [1.807, 2.05) is 49.4 Å². The van der Waals surface area contributed by atoms with Crippen LogP contribution in [0.1, 0.15) is 42.5 Å². The zero-order valence-electron chi connectivity index (χ0n) is 15.3. The van der Waals surface area contributed by atoms with Crippen molar-refractivity contribution in [2.24, 2.45) is 0 Å². The molecule has 0 aliphatic carbocycles. The number of fused-ring (bicyclic) bond motifs is 1. The van der Waals surface area contributed by atoms with Gasteiger partial charge in [0.25, 0.3) is 0 Å². The summed E-state index contributed by atoms with van der Waals surface area (Å²) in [5.74, 6) is -0.150. The Bertz CT molecular complexity index is 815. The van der Waals surface area contributed by atoms with Gasteiger partial charge in [-0.05, 0) is 43.0 Å². The highest BCUT2D eigenvalue weighted by Crippen LogP contribution is 2.32. The number of benzene rings is 2. The third kappa shape index (κ3) is 3.87. The van der Waals surface area contributed by atoms with E-state index in [1.54, 1.807) is 4.90 Å². The van der Waals surface area contributed by atoms with Crippen LogP contribution in [-0.2, 0) is 16.0 Å². The van der Waals surface area contributed by atoms with E-state index < -0.39 is 0 Å². The van der Waals surface area contributed by atoms with Crippen LogP contribution in [0.5, 0.6) is 0 Å². The Morgan fingerprint density at radius 1 is 1.19 bits per heavy atom. The predicted octanol–water partition coefficient (Wildman–Crippen LogP) is 3.12. The third-order valence-electron chi connectivity index (χ3n) is 4.82. The number of anilines is 2. The molecular formula is C21H25N3O2. The molecule has 5 heteroatoms. The summed E-state index contributed by atoms with van der Waals surface area (Å²) in [5.41, 5.74) is 10.8. The average Bonchev–Trinajstić information content (AvgIpc) is 2.61. The lowest BCUT2D eigenvalue weighted by Crippen LogP contribution is -2.39. The van der Waals surface area contributed by atoms with Crippen LogP contribution in [0.4, 0.5) is 11.4 Å². The van der Waals surface area contributed by atoms with Crippen LogP contribution in [-0.4, -0.2) is 18.4 Å². The lowest BCUT2D eigenvalue weighted by Gasteiger charge is -2.31. The van der Waals surface area contributed by atoms with E-state index in [0.29, 0.717) is 6.54 Å². The van der Waals surface area contributed by atoms with Crippen molar-refractivity contribution in [1.82, 2.24) is 5.32 Å². The summed E-state index contributed by atoms with van der Waals surface area (Å²) in [6.45, 7) is 4.16. The largest absolute Gasteiger partial charge is 0.398 e. The molecule has 0 spiro atoms. The number of nitrogens with two attached hydrogens (primary N) is 1.